The van der Waals surface area contributed by atoms with Gasteiger partial charge in [0, 0.05) is 29.9 Å². The highest BCUT2D eigenvalue weighted by Gasteiger charge is 2.52. The van der Waals surface area contributed by atoms with E-state index in [2.05, 4.69) is 36.2 Å². The van der Waals surface area contributed by atoms with Gasteiger partial charge in [0.1, 0.15) is 17.8 Å². The Labute approximate surface area is 324 Å². The number of Topliss-reactive ketones (excluding diaryl/α,β-unsaturated/α-hetero) is 1. The lowest BCUT2D eigenvalue weighted by Crippen LogP contribution is -2.61. The molecule has 15 heteroatoms. The van der Waals surface area contributed by atoms with E-state index in [1.807, 2.05) is 30.3 Å². The summed E-state index contributed by atoms with van der Waals surface area (Å²) in [5.74, 6) is -10.9. The summed E-state index contributed by atoms with van der Waals surface area (Å²) in [4.78, 5) is 78.4. The van der Waals surface area contributed by atoms with Crippen LogP contribution in [0.1, 0.15) is 70.2 Å². The van der Waals surface area contributed by atoms with Gasteiger partial charge in [0.2, 0.25) is 17.6 Å². The quantitative estimate of drug-likeness (QED) is 0.0859. The number of carbonyl (C=O) groups excluding carboxylic acids is 5. The van der Waals surface area contributed by atoms with Gasteiger partial charge < -0.3 is 31.0 Å². The topological polar surface area (TPSA) is 184 Å². The van der Waals surface area contributed by atoms with Crippen molar-refractivity contribution in [2.75, 3.05) is 6.61 Å². The van der Waals surface area contributed by atoms with Crippen LogP contribution in [0, 0.1) is 11.8 Å². The molecule has 0 unspecified atom stereocenters. The molecule has 1 aliphatic carbocycles. The molecule has 2 aromatic carbocycles. The van der Waals surface area contributed by atoms with E-state index in [0.717, 1.165) is 30.0 Å². The molecule has 1 aliphatic rings. The third-order valence-corrected chi connectivity index (χ3v) is 10.2. The Bertz CT molecular complexity index is 1930. The van der Waals surface area contributed by atoms with Crippen molar-refractivity contribution >= 4 is 40.2 Å². The number of halogens is 2. The average molecular weight is 774 g/mol. The summed E-state index contributed by atoms with van der Waals surface area (Å²) in [6.07, 6.45) is 8.41. The van der Waals surface area contributed by atoms with E-state index in [1.165, 1.54) is 12.5 Å². The summed E-state index contributed by atoms with van der Waals surface area (Å²) in [5.41, 5.74) is 0.981. The van der Waals surface area contributed by atoms with Crippen LogP contribution < -0.4 is 26.0 Å². The number of ketones is 1. The molecule has 13 nitrogen and oxygen atoms in total. The molecule has 1 fully saturated rings. The SMILES string of the molecule is CC[C@H](C)[C@H](NC(=O)C(F)(F)C(=O)[C@H](CC1CCCCC1)NC(=O)[C@H](Cc1cnc[nH]1)NC(=O)COc1cccc2ccccc12)C(=O)NCc1ccccn1. The van der Waals surface area contributed by atoms with Crippen LogP contribution >= 0.6 is 0 Å². The smallest absolute Gasteiger partial charge is 0.383 e. The summed E-state index contributed by atoms with van der Waals surface area (Å²) in [7, 11) is 0. The Hall–Kier alpha value is -5.73. The molecule has 4 atom stereocenters. The van der Waals surface area contributed by atoms with Gasteiger partial charge in [0.05, 0.1) is 24.6 Å². The first-order chi connectivity index (χ1) is 27.0. The second-order valence-corrected chi connectivity index (χ2v) is 14.3. The summed E-state index contributed by atoms with van der Waals surface area (Å²) in [6, 6.07) is 13.5. The van der Waals surface area contributed by atoms with E-state index in [4.69, 9.17) is 4.74 Å². The summed E-state index contributed by atoms with van der Waals surface area (Å²) in [5, 5.41) is 11.5. The predicted octanol–water partition coefficient (Wildman–Crippen LogP) is 4.57. The molecule has 5 N–H and O–H groups in total. The number of alkyl halides is 2. The summed E-state index contributed by atoms with van der Waals surface area (Å²) >= 11 is 0. The number of fused-ring (bicyclic) bond motifs is 1. The summed E-state index contributed by atoms with van der Waals surface area (Å²) in [6.45, 7) is 2.90. The average Bonchev–Trinajstić information content (AvgIpc) is 3.74. The van der Waals surface area contributed by atoms with Gasteiger partial charge in [-0.1, -0.05) is 94.8 Å². The van der Waals surface area contributed by atoms with Crippen LogP contribution in [0.5, 0.6) is 5.75 Å². The zero-order valence-corrected chi connectivity index (χ0v) is 31.6. The van der Waals surface area contributed by atoms with Crippen molar-refractivity contribution in [1.82, 2.24) is 36.2 Å². The van der Waals surface area contributed by atoms with E-state index < -0.39 is 66.0 Å². The van der Waals surface area contributed by atoms with Crippen LogP contribution in [-0.4, -0.2) is 75.0 Å². The fourth-order valence-electron chi connectivity index (χ4n) is 6.84. The second kappa shape index (κ2) is 19.7. The van der Waals surface area contributed by atoms with Crippen LogP contribution in [0.4, 0.5) is 8.78 Å². The Morgan fingerprint density at radius 1 is 0.911 bits per heavy atom. The number of rotatable bonds is 19. The number of hydrogen-bond acceptors (Lipinski definition) is 8. The van der Waals surface area contributed by atoms with Crippen molar-refractivity contribution in [3.63, 3.8) is 0 Å². The maximum atomic E-state index is 16.0. The van der Waals surface area contributed by atoms with Gasteiger partial charge >= 0.3 is 5.92 Å². The number of H-pyrrole nitrogens is 1. The molecule has 0 spiro atoms. The Morgan fingerprint density at radius 2 is 1.66 bits per heavy atom. The van der Waals surface area contributed by atoms with E-state index in [9.17, 15) is 24.0 Å². The van der Waals surface area contributed by atoms with Gasteiger partial charge in [-0.15, -0.1) is 0 Å². The van der Waals surface area contributed by atoms with E-state index >= 15 is 8.78 Å². The Morgan fingerprint density at radius 3 is 2.38 bits per heavy atom. The summed E-state index contributed by atoms with van der Waals surface area (Å²) < 4.78 is 37.9. The predicted molar refractivity (Wildman–Crippen MR) is 204 cm³/mol. The normalized spacial score (nSPS) is 15.5. The fraction of sp³-hybridized carbons (Fsp3) is 0.439. The van der Waals surface area contributed by atoms with Gasteiger partial charge in [0.25, 0.3) is 11.8 Å². The Balaban J connectivity index is 1.31. The molecule has 0 bridgehead atoms. The first-order valence-corrected chi connectivity index (χ1v) is 19.0. The molecule has 0 aliphatic heterocycles. The minimum Gasteiger partial charge on any atom is -0.483 e. The molecule has 1 saturated carbocycles. The second-order valence-electron chi connectivity index (χ2n) is 14.3. The molecule has 0 radical (unpaired) electrons. The lowest BCUT2D eigenvalue weighted by Gasteiger charge is -2.30. The molecule has 0 saturated heterocycles. The number of nitrogens with one attached hydrogen (secondary N) is 5. The molecular weight excluding hydrogens is 724 g/mol. The van der Waals surface area contributed by atoms with Crippen molar-refractivity contribution in [1.29, 1.82) is 0 Å². The number of aromatic amines is 1. The standard InChI is InChI=1S/C41H49F2N7O6/c1-3-26(2)36(39(54)46-23-29-16-9-10-19-45-29)50-40(55)41(42,43)37(52)32(20-27-12-5-4-6-13-27)49-38(53)33(21-30-22-44-25-47-30)48-35(51)24-56-34-18-11-15-28-14-7-8-17-31(28)34/h7-11,14-19,22,25-27,32-33,36H,3-6,12-13,20-21,23-24H2,1-2H3,(H,44,47)(H,46,54)(H,48,51)(H,49,53)(H,50,55)/t26-,32-,33-,36-/m0/s1. The first kappa shape index (κ1) is 41.4. The van der Waals surface area contributed by atoms with Crippen molar-refractivity contribution < 1.29 is 37.5 Å². The van der Waals surface area contributed by atoms with Crippen LogP contribution in [0.25, 0.3) is 10.8 Å². The zero-order chi connectivity index (χ0) is 40.1. The highest BCUT2D eigenvalue weighted by Crippen LogP contribution is 2.30. The highest BCUT2D eigenvalue weighted by atomic mass is 19.3. The molecule has 2 heterocycles. The van der Waals surface area contributed by atoms with E-state index in [-0.39, 0.29) is 25.3 Å². The van der Waals surface area contributed by atoms with Gasteiger partial charge in [-0.3, -0.25) is 29.0 Å². The number of amides is 4. The van der Waals surface area contributed by atoms with E-state index in [0.29, 0.717) is 36.4 Å². The van der Waals surface area contributed by atoms with E-state index in [1.54, 1.807) is 50.4 Å². The van der Waals surface area contributed by atoms with Crippen molar-refractivity contribution in [2.45, 2.75) is 95.8 Å². The molecule has 56 heavy (non-hydrogen) atoms. The number of ether oxygens (including phenoxy) is 1. The van der Waals surface area contributed by atoms with Crippen molar-refractivity contribution in [3.8, 4) is 5.75 Å². The Kier molecular flexibility index (Phi) is 14.6. The third kappa shape index (κ3) is 11.2. The van der Waals surface area contributed by atoms with Crippen LogP contribution in [0.15, 0.2) is 79.4 Å². The molecule has 4 aromatic rings. The number of benzene rings is 2. The largest absolute Gasteiger partial charge is 0.483 e. The monoisotopic (exact) mass is 773 g/mol. The number of hydrogen-bond donors (Lipinski definition) is 5. The number of imidazole rings is 1. The van der Waals surface area contributed by atoms with Gasteiger partial charge in [-0.05, 0) is 41.8 Å². The molecule has 2 aromatic heterocycles. The first-order valence-electron chi connectivity index (χ1n) is 19.0. The third-order valence-electron chi connectivity index (χ3n) is 10.2. The van der Waals surface area contributed by atoms with Crippen LogP contribution in [0.2, 0.25) is 0 Å². The minimum atomic E-state index is -4.62. The number of aromatic nitrogens is 3. The number of pyridine rings is 1. The zero-order valence-electron chi connectivity index (χ0n) is 31.6. The number of carbonyl (C=O) groups is 5. The number of nitrogens with zero attached hydrogens (tertiary/aromatic N) is 2. The van der Waals surface area contributed by atoms with Gasteiger partial charge in [-0.25, -0.2) is 4.98 Å². The van der Waals surface area contributed by atoms with Crippen LogP contribution in [-0.2, 0) is 36.9 Å². The molecule has 298 valence electrons. The van der Waals surface area contributed by atoms with Gasteiger partial charge in [0.15, 0.2) is 6.61 Å². The molecular formula is C41H49F2N7O6. The van der Waals surface area contributed by atoms with Crippen molar-refractivity contribution in [3.05, 3.63) is 90.8 Å². The molecule has 4 amide bonds. The van der Waals surface area contributed by atoms with Crippen LogP contribution in [0.3, 0.4) is 0 Å². The van der Waals surface area contributed by atoms with Crippen molar-refractivity contribution in [2.24, 2.45) is 11.8 Å². The maximum absolute atomic E-state index is 16.0. The minimum absolute atomic E-state index is 0.00115. The molecule has 5 rings (SSSR count). The lowest BCUT2D eigenvalue weighted by molar-refractivity contribution is -0.162. The highest BCUT2D eigenvalue weighted by molar-refractivity contribution is 6.11. The lowest BCUT2D eigenvalue weighted by atomic mass is 9.83. The van der Waals surface area contributed by atoms with Gasteiger partial charge in [-0.2, -0.15) is 8.78 Å². The maximum Gasteiger partial charge on any atom is 0.383 e. The fourth-order valence-corrected chi connectivity index (χ4v) is 6.84.